The fourth-order valence-corrected chi connectivity index (χ4v) is 1.91. The van der Waals surface area contributed by atoms with Gasteiger partial charge in [-0.15, -0.1) is 0 Å². The van der Waals surface area contributed by atoms with Gasteiger partial charge in [-0.2, -0.15) is 0 Å². The minimum atomic E-state index is -1.99. The molecule has 0 saturated heterocycles. The van der Waals surface area contributed by atoms with Crippen molar-refractivity contribution >= 4 is 0 Å². The second-order valence-corrected chi connectivity index (χ2v) is 4.43. The maximum absolute atomic E-state index is 13.9. The van der Waals surface area contributed by atoms with E-state index in [2.05, 4.69) is 0 Å². The summed E-state index contributed by atoms with van der Waals surface area (Å²) >= 11 is 0. The Bertz CT molecular complexity index is 695. The van der Waals surface area contributed by atoms with E-state index in [0.717, 1.165) is 13.8 Å². The molecule has 0 spiro atoms. The fourth-order valence-electron chi connectivity index (χ4n) is 1.91. The van der Waals surface area contributed by atoms with Crippen molar-refractivity contribution in [1.82, 2.24) is 0 Å². The molecule has 0 atom stereocenters. The predicted octanol–water partition coefficient (Wildman–Crippen LogP) is 4.94. The average Bonchev–Trinajstić information content (AvgIpc) is 2.44. The van der Waals surface area contributed by atoms with E-state index < -0.39 is 63.0 Å². The van der Waals surface area contributed by atoms with Crippen LogP contribution >= 0.6 is 0 Å². The van der Waals surface area contributed by atoms with Crippen molar-refractivity contribution in [2.75, 3.05) is 0 Å². The number of rotatable bonds is 1. The van der Waals surface area contributed by atoms with Crippen LogP contribution < -0.4 is 0 Å². The Hall–Kier alpha value is -2.05. The van der Waals surface area contributed by atoms with Crippen LogP contribution in [0.15, 0.2) is 6.07 Å². The first-order valence-electron chi connectivity index (χ1n) is 5.65. The quantitative estimate of drug-likeness (QED) is 0.517. The third-order valence-electron chi connectivity index (χ3n) is 3.07. The van der Waals surface area contributed by atoms with Crippen molar-refractivity contribution in [2.24, 2.45) is 0 Å². The van der Waals surface area contributed by atoms with Crippen molar-refractivity contribution in [3.8, 4) is 11.1 Å². The highest BCUT2D eigenvalue weighted by molar-refractivity contribution is 5.68. The molecule has 7 heteroatoms. The number of halogens is 7. The van der Waals surface area contributed by atoms with E-state index in [9.17, 15) is 30.7 Å². The lowest BCUT2D eigenvalue weighted by Crippen LogP contribution is -2.07. The maximum atomic E-state index is 13.9. The third kappa shape index (κ3) is 2.16. The summed E-state index contributed by atoms with van der Waals surface area (Å²) in [5.41, 5.74) is -4.56. The van der Waals surface area contributed by atoms with E-state index in [1.807, 2.05) is 0 Å². The van der Waals surface area contributed by atoms with Gasteiger partial charge < -0.3 is 0 Å². The number of benzene rings is 2. The minimum Gasteiger partial charge on any atom is -0.206 e. The predicted molar refractivity (Wildman–Crippen MR) is 61.1 cm³/mol. The first-order valence-corrected chi connectivity index (χ1v) is 5.65. The smallest absolute Gasteiger partial charge is 0.170 e. The Morgan fingerprint density at radius 2 is 1.00 bits per heavy atom. The molecule has 0 unspecified atom stereocenters. The molecule has 0 bridgehead atoms. The second kappa shape index (κ2) is 5.05. The molecular weight excluding hydrogens is 301 g/mol. The average molecular weight is 308 g/mol. The van der Waals surface area contributed by atoms with Crippen molar-refractivity contribution < 1.29 is 30.7 Å². The molecule has 2 aromatic rings. The van der Waals surface area contributed by atoms with Crippen molar-refractivity contribution in [1.29, 1.82) is 0 Å². The Labute approximate surface area is 114 Å². The summed E-state index contributed by atoms with van der Waals surface area (Å²) < 4.78 is 95.3. The summed E-state index contributed by atoms with van der Waals surface area (Å²) in [5, 5.41) is 0. The molecule has 0 amide bonds. The molecule has 0 radical (unpaired) electrons. The monoisotopic (exact) mass is 308 g/mol. The molecule has 0 nitrogen and oxygen atoms in total. The van der Waals surface area contributed by atoms with Crippen molar-refractivity contribution in [3.63, 3.8) is 0 Å². The van der Waals surface area contributed by atoms with Gasteiger partial charge in [0.1, 0.15) is 5.82 Å². The molecule has 0 saturated carbocycles. The lowest BCUT2D eigenvalue weighted by molar-refractivity contribution is 0.444. The number of hydrogen-bond acceptors (Lipinski definition) is 0. The van der Waals surface area contributed by atoms with Gasteiger partial charge >= 0.3 is 0 Å². The van der Waals surface area contributed by atoms with Crippen LogP contribution in [0.5, 0.6) is 0 Å². The molecule has 0 heterocycles. The first-order chi connectivity index (χ1) is 9.68. The fraction of sp³-hybridized carbons (Fsp3) is 0.143. The molecule has 0 aliphatic heterocycles. The maximum Gasteiger partial charge on any atom is 0.170 e. The van der Waals surface area contributed by atoms with Gasteiger partial charge in [-0.05, 0) is 25.5 Å². The normalized spacial score (nSPS) is 11.1. The molecule has 0 aromatic heterocycles. The van der Waals surface area contributed by atoms with Crippen LogP contribution in [-0.4, -0.2) is 0 Å². The van der Waals surface area contributed by atoms with Crippen LogP contribution in [0, 0.1) is 54.6 Å². The standard InChI is InChI=1S/C14H7F7/c1-4-3-6(15)12(19)7(9(4)16)8-13(20)10(17)5(2)11(18)14(8)21/h3H,1-2H3. The summed E-state index contributed by atoms with van der Waals surface area (Å²) in [6.07, 6.45) is 0. The van der Waals surface area contributed by atoms with E-state index in [0.29, 0.717) is 6.07 Å². The SMILES string of the molecule is Cc1cc(F)c(F)c(-c2c(F)c(F)c(C)c(F)c2F)c1F. The summed E-state index contributed by atoms with van der Waals surface area (Å²) in [6, 6.07) is 0.463. The zero-order chi connectivity index (χ0) is 16.1. The molecule has 0 fully saturated rings. The molecule has 0 N–H and O–H groups in total. The van der Waals surface area contributed by atoms with Gasteiger partial charge in [0.15, 0.2) is 34.9 Å². The largest absolute Gasteiger partial charge is 0.206 e. The third-order valence-corrected chi connectivity index (χ3v) is 3.07. The summed E-state index contributed by atoms with van der Waals surface area (Å²) in [6.45, 7) is 1.77. The zero-order valence-electron chi connectivity index (χ0n) is 10.7. The van der Waals surface area contributed by atoms with Crippen LogP contribution in [0.2, 0.25) is 0 Å². The van der Waals surface area contributed by atoms with Gasteiger partial charge in [-0.1, -0.05) is 0 Å². The number of aryl methyl sites for hydroxylation is 1. The molecule has 21 heavy (non-hydrogen) atoms. The topological polar surface area (TPSA) is 0 Å². The summed E-state index contributed by atoms with van der Waals surface area (Å²) in [7, 11) is 0. The van der Waals surface area contributed by atoms with Crippen LogP contribution in [0.3, 0.4) is 0 Å². The Kier molecular flexibility index (Phi) is 3.69. The first kappa shape index (κ1) is 15.3. The van der Waals surface area contributed by atoms with E-state index >= 15 is 0 Å². The van der Waals surface area contributed by atoms with E-state index in [4.69, 9.17) is 0 Å². The van der Waals surface area contributed by atoms with Gasteiger partial charge in [-0.3, -0.25) is 0 Å². The molecular formula is C14H7F7. The molecule has 0 aliphatic carbocycles. The highest BCUT2D eigenvalue weighted by Gasteiger charge is 2.29. The lowest BCUT2D eigenvalue weighted by Gasteiger charge is -2.13. The minimum absolute atomic E-state index is 0.463. The molecule has 2 aromatic carbocycles. The van der Waals surface area contributed by atoms with Gasteiger partial charge in [0.2, 0.25) is 0 Å². The second-order valence-electron chi connectivity index (χ2n) is 4.43. The Balaban J connectivity index is 3.00. The number of hydrogen-bond donors (Lipinski definition) is 0. The van der Waals surface area contributed by atoms with Gasteiger partial charge in [0.25, 0.3) is 0 Å². The molecule has 0 aliphatic rings. The Morgan fingerprint density at radius 3 is 1.48 bits per heavy atom. The summed E-state index contributed by atoms with van der Waals surface area (Å²) in [5.74, 6) is -12.6. The van der Waals surface area contributed by atoms with Crippen molar-refractivity contribution in [2.45, 2.75) is 13.8 Å². The van der Waals surface area contributed by atoms with E-state index in [1.165, 1.54) is 0 Å². The van der Waals surface area contributed by atoms with E-state index in [-0.39, 0.29) is 0 Å². The van der Waals surface area contributed by atoms with Gasteiger partial charge in [-0.25, -0.2) is 30.7 Å². The van der Waals surface area contributed by atoms with Crippen LogP contribution in [-0.2, 0) is 0 Å². The molecule has 112 valence electrons. The summed E-state index contributed by atoms with van der Waals surface area (Å²) in [4.78, 5) is 0. The van der Waals surface area contributed by atoms with Gasteiger partial charge in [0.05, 0.1) is 11.1 Å². The van der Waals surface area contributed by atoms with Crippen LogP contribution in [0.25, 0.3) is 11.1 Å². The highest BCUT2D eigenvalue weighted by atomic mass is 19.2. The Morgan fingerprint density at radius 1 is 0.571 bits per heavy atom. The van der Waals surface area contributed by atoms with Crippen LogP contribution in [0.1, 0.15) is 11.1 Å². The van der Waals surface area contributed by atoms with Gasteiger partial charge in [0, 0.05) is 5.56 Å². The zero-order valence-corrected chi connectivity index (χ0v) is 10.7. The lowest BCUT2D eigenvalue weighted by atomic mass is 9.98. The van der Waals surface area contributed by atoms with Crippen molar-refractivity contribution in [3.05, 3.63) is 57.9 Å². The highest BCUT2D eigenvalue weighted by Crippen LogP contribution is 2.36. The molecule has 2 rings (SSSR count). The van der Waals surface area contributed by atoms with E-state index in [1.54, 1.807) is 0 Å². The van der Waals surface area contributed by atoms with Crippen LogP contribution in [0.4, 0.5) is 30.7 Å².